The lowest BCUT2D eigenvalue weighted by Gasteiger charge is -2.40. The number of thiophene rings is 1. The Bertz CT molecular complexity index is 784. The van der Waals surface area contributed by atoms with Crippen LogP contribution in [0.4, 0.5) is 4.39 Å². The van der Waals surface area contributed by atoms with Gasteiger partial charge in [-0.3, -0.25) is 9.59 Å². The zero-order chi connectivity index (χ0) is 16.0. The third-order valence-electron chi connectivity index (χ3n) is 4.56. The van der Waals surface area contributed by atoms with Gasteiger partial charge in [-0.1, -0.05) is 6.07 Å². The van der Waals surface area contributed by atoms with Gasteiger partial charge in [0.1, 0.15) is 5.82 Å². The lowest BCUT2D eigenvalue weighted by atomic mass is 10.0. The highest BCUT2D eigenvalue weighted by Crippen LogP contribution is 2.31. The molecular formula is C17H17FN2O2S. The molecule has 23 heavy (non-hydrogen) atoms. The predicted molar refractivity (Wildman–Crippen MR) is 87.0 cm³/mol. The van der Waals surface area contributed by atoms with Crippen LogP contribution >= 0.6 is 11.3 Å². The van der Waals surface area contributed by atoms with Gasteiger partial charge in [0.05, 0.1) is 10.9 Å². The van der Waals surface area contributed by atoms with E-state index in [1.807, 2.05) is 6.07 Å². The standard InChI is InChI=1S/C17H17FN2O2S/c18-12-4-3-11-7-15(23-14(11)8-12)17(22)20-6-5-13(20)9-19-16(21)10-1-2-10/h3-4,7-8,10,13H,1-2,5-6,9H2,(H,19,21). The van der Waals surface area contributed by atoms with Crippen LogP contribution in [0.2, 0.25) is 0 Å². The van der Waals surface area contributed by atoms with Gasteiger partial charge in [-0.05, 0) is 42.8 Å². The van der Waals surface area contributed by atoms with E-state index in [9.17, 15) is 14.0 Å². The largest absolute Gasteiger partial charge is 0.354 e. The summed E-state index contributed by atoms with van der Waals surface area (Å²) < 4.78 is 14.0. The van der Waals surface area contributed by atoms with E-state index < -0.39 is 0 Å². The molecule has 120 valence electrons. The van der Waals surface area contributed by atoms with Gasteiger partial charge in [-0.15, -0.1) is 11.3 Å². The van der Waals surface area contributed by atoms with Crippen molar-refractivity contribution in [1.82, 2.24) is 10.2 Å². The van der Waals surface area contributed by atoms with Crippen LogP contribution < -0.4 is 5.32 Å². The highest BCUT2D eigenvalue weighted by Gasteiger charge is 2.35. The quantitative estimate of drug-likeness (QED) is 0.936. The smallest absolute Gasteiger partial charge is 0.264 e. The van der Waals surface area contributed by atoms with Gasteiger partial charge in [0.15, 0.2) is 0 Å². The fourth-order valence-corrected chi connectivity index (χ4v) is 3.92. The summed E-state index contributed by atoms with van der Waals surface area (Å²) in [5.41, 5.74) is 0. The van der Waals surface area contributed by atoms with Crippen molar-refractivity contribution < 1.29 is 14.0 Å². The molecule has 2 amide bonds. The van der Waals surface area contributed by atoms with Crippen molar-refractivity contribution in [3.63, 3.8) is 0 Å². The zero-order valence-electron chi connectivity index (χ0n) is 12.5. The van der Waals surface area contributed by atoms with Crippen LogP contribution in [0.25, 0.3) is 10.1 Å². The topological polar surface area (TPSA) is 49.4 Å². The molecule has 0 spiro atoms. The fourth-order valence-electron chi connectivity index (χ4n) is 2.88. The van der Waals surface area contributed by atoms with E-state index in [0.717, 1.165) is 29.3 Å². The molecule has 4 nitrogen and oxygen atoms in total. The van der Waals surface area contributed by atoms with E-state index in [2.05, 4.69) is 5.32 Å². The lowest BCUT2D eigenvalue weighted by Crippen LogP contribution is -2.55. The number of hydrogen-bond acceptors (Lipinski definition) is 3. The van der Waals surface area contributed by atoms with Crippen molar-refractivity contribution in [3.8, 4) is 0 Å². The molecule has 1 saturated heterocycles. The molecule has 4 rings (SSSR count). The van der Waals surface area contributed by atoms with E-state index in [1.165, 1.54) is 23.5 Å². The van der Waals surface area contributed by atoms with Gasteiger partial charge in [0.2, 0.25) is 5.91 Å². The number of carbonyl (C=O) groups is 2. The summed E-state index contributed by atoms with van der Waals surface area (Å²) in [6.45, 7) is 1.24. The van der Waals surface area contributed by atoms with Gasteiger partial charge in [-0.2, -0.15) is 0 Å². The van der Waals surface area contributed by atoms with Crippen LogP contribution in [0.3, 0.4) is 0 Å². The zero-order valence-corrected chi connectivity index (χ0v) is 13.4. The number of hydrogen-bond donors (Lipinski definition) is 1. The molecule has 1 N–H and O–H groups in total. The van der Waals surface area contributed by atoms with E-state index >= 15 is 0 Å². The molecule has 2 heterocycles. The molecule has 2 fully saturated rings. The molecule has 1 aromatic heterocycles. The number of benzene rings is 1. The third-order valence-corrected chi connectivity index (χ3v) is 5.64. The molecule has 2 aromatic rings. The number of nitrogens with one attached hydrogen (secondary N) is 1. The molecule has 1 atom stereocenters. The maximum absolute atomic E-state index is 13.3. The van der Waals surface area contributed by atoms with Crippen LogP contribution in [0.1, 0.15) is 28.9 Å². The fraction of sp³-hybridized carbons (Fsp3) is 0.412. The first-order valence-corrected chi connectivity index (χ1v) is 8.71. The van der Waals surface area contributed by atoms with Gasteiger partial charge >= 0.3 is 0 Å². The number of fused-ring (bicyclic) bond motifs is 1. The molecule has 1 aromatic carbocycles. The first kappa shape index (κ1) is 14.6. The summed E-state index contributed by atoms with van der Waals surface area (Å²) in [5, 5.41) is 3.83. The van der Waals surface area contributed by atoms with Crippen LogP contribution in [0.5, 0.6) is 0 Å². The maximum Gasteiger partial charge on any atom is 0.264 e. The first-order valence-electron chi connectivity index (χ1n) is 7.89. The average molecular weight is 332 g/mol. The number of likely N-dealkylation sites (tertiary alicyclic amines) is 1. The molecule has 1 unspecified atom stereocenters. The second-order valence-electron chi connectivity index (χ2n) is 6.25. The average Bonchev–Trinajstić information content (AvgIpc) is 3.26. The Hall–Kier alpha value is -1.95. The summed E-state index contributed by atoms with van der Waals surface area (Å²) in [6, 6.07) is 6.46. The van der Waals surface area contributed by atoms with Crippen molar-refractivity contribution in [2.75, 3.05) is 13.1 Å². The van der Waals surface area contributed by atoms with Crippen LogP contribution in [0, 0.1) is 11.7 Å². The minimum Gasteiger partial charge on any atom is -0.354 e. The summed E-state index contributed by atoms with van der Waals surface area (Å²) in [5.74, 6) is -0.00940. The molecule has 0 radical (unpaired) electrons. The number of halogens is 1. The normalized spacial score (nSPS) is 20.4. The summed E-state index contributed by atoms with van der Waals surface area (Å²) >= 11 is 1.32. The molecule has 0 bridgehead atoms. The highest BCUT2D eigenvalue weighted by molar-refractivity contribution is 7.20. The Morgan fingerprint density at radius 2 is 2.09 bits per heavy atom. The highest BCUT2D eigenvalue weighted by atomic mass is 32.1. The molecule has 1 saturated carbocycles. The maximum atomic E-state index is 13.3. The second-order valence-corrected chi connectivity index (χ2v) is 7.34. The monoisotopic (exact) mass is 332 g/mol. The van der Waals surface area contributed by atoms with E-state index in [4.69, 9.17) is 0 Å². The lowest BCUT2D eigenvalue weighted by molar-refractivity contribution is -0.122. The van der Waals surface area contributed by atoms with Crippen molar-refractivity contribution in [2.24, 2.45) is 5.92 Å². The Balaban J connectivity index is 1.43. The number of nitrogens with zero attached hydrogens (tertiary/aromatic N) is 1. The SMILES string of the molecule is O=C(NCC1CCN1C(=O)c1cc2ccc(F)cc2s1)C1CC1. The van der Waals surface area contributed by atoms with E-state index in [-0.39, 0.29) is 29.6 Å². The van der Waals surface area contributed by atoms with Crippen LogP contribution in [-0.2, 0) is 4.79 Å². The van der Waals surface area contributed by atoms with E-state index in [0.29, 0.717) is 18.0 Å². The minimum atomic E-state index is -0.289. The molecular weight excluding hydrogens is 315 g/mol. The Morgan fingerprint density at radius 3 is 2.78 bits per heavy atom. The van der Waals surface area contributed by atoms with E-state index in [1.54, 1.807) is 11.0 Å². The molecule has 1 aliphatic carbocycles. The molecule has 1 aliphatic heterocycles. The van der Waals surface area contributed by atoms with Gasteiger partial charge in [0.25, 0.3) is 5.91 Å². The first-order chi connectivity index (χ1) is 11.1. The predicted octanol–water partition coefficient (Wildman–Crippen LogP) is 2.78. The Morgan fingerprint density at radius 1 is 1.26 bits per heavy atom. The second kappa shape index (κ2) is 5.60. The van der Waals surface area contributed by atoms with Crippen molar-refractivity contribution in [2.45, 2.75) is 25.3 Å². The van der Waals surface area contributed by atoms with Crippen LogP contribution in [0.15, 0.2) is 24.3 Å². The minimum absolute atomic E-state index is 0.0245. The Kier molecular flexibility index (Phi) is 3.56. The van der Waals surface area contributed by atoms with Gasteiger partial charge < -0.3 is 10.2 Å². The Labute approximate surface area is 137 Å². The summed E-state index contributed by atoms with van der Waals surface area (Å²) in [6.07, 6.45) is 2.88. The number of carbonyl (C=O) groups excluding carboxylic acids is 2. The van der Waals surface area contributed by atoms with Gasteiger partial charge in [-0.25, -0.2) is 4.39 Å². The molecule has 6 heteroatoms. The number of rotatable bonds is 4. The summed E-state index contributed by atoms with van der Waals surface area (Å²) in [7, 11) is 0. The van der Waals surface area contributed by atoms with Crippen molar-refractivity contribution in [1.29, 1.82) is 0 Å². The van der Waals surface area contributed by atoms with Crippen LogP contribution in [-0.4, -0.2) is 35.8 Å². The van der Waals surface area contributed by atoms with Crippen molar-refractivity contribution >= 4 is 33.2 Å². The van der Waals surface area contributed by atoms with Gasteiger partial charge in [0, 0.05) is 23.7 Å². The summed E-state index contributed by atoms with van der Waals surface area (Å²) in [4.78, 5) is 26.7. The number of amides is 2. The van der Waals surface area contributed by atoms with Crippen molar-refractivity contribution in [3.05, 3.63) is 35.0 Å². The third kappa shape index (κ3) is 2.83. The molecule has 2 aliphatic rings.